The van der Waals surface area contributed by atoms with Gasteiger partial charge in [-0.05, 0) is 24.8 Å². The Morgan fingerprint density at radius 1 is 0.895 bits per heavy atom. The van der Waals surface area contributed by atoms with Gasteiger partial charge in [0.1, 0.15) is 0 Å². The van der Waals surface area contributed by atoms with E-state index in [1.54, 1.807) is 0 Å². The fraction of sp³-hybridized carbons (Fsp3) is 0.667. The van der Waals surface area contributed by atoms with Crippen LogP contribution in [0.2, 0.25) is 0 Å². The Morgan fingerprint density at radius 3 is 2.05 bits per heavy atom. The number of hydrogen-bond acceptors (Lipinski definition) is 1. The predicted molar refractivity (Wildman–Crippen MR) is 83.2 cm³/mol. The number of nitrogens with one attached hydrogen (secondary N) is 1. The van der Waals surface area contributed by atoms with Crippen LogP contribution in [0.3, 0.4) is 0 Å². The molecule has 0 unspecified atom stereocenters. The maximum absolute atomic E-state index is 3.90. The summed E-state index contributed by atoms with van der Waals surface area (Å²) < 4.78 is 0. The van der Waals surface area contributed by atoms with Gasteiger partial charge in [-0.2, -0.15) is 0 Å². The van der Waals surface area contributed by atoms with Crippen molar-refractivity contribution in [2.45, 2.75) is 76.8 Å². The minimum atomic E-state index is 0.389. The highest BCUT2D eigenvalue weighted by Crippen LogP contribution is 2.28. The van der Waals surface area contributed by atoms with Gasteiger partial charge >= 0.3 is 0 Å². The van der Waals surface area contributed by atoms with Crippen LogP contribution >= 0.6 is 0 Å². The first kappa shape index (κ1) is 14.6. The van der Waals surface area contributed by atoms with E-state index in [0.717, 1.165) is 6.54 Å². The summed E-state index contributed by atoms with van der Waals surface area (Å²) in [5, 5.41) is 3.90. The summed E-state index contributed by atoms with van der Waals surface area (Å²) in [5.74, 6) is 0. The standard InChI is InChI=1S/C18H29N/c1-2-18(14-10-5-3-4-6-11-15-18)19-16-17-12-8-7-9-13-17/h7-9,12-13,19H,2-6,10-11,14-16H2,1H3. The van der Waals surface area contributed by atoms with E-state index in [-0.39, 0.29) is 0 Å². The van der Waals surface area contributed by atoms with Crippen LogP contribution in [0, 0.1) is 0 Å². The van der Waals surface area contributed by atoms with E-state index in [4.69, 9.17) is 0 Å². The molecule has 1 aromatic rings. The zero-order valence-corrected chi connectivity index (χ0v) is 12.5. The molecule has 0 amide bonds. The molecule has 1 heteroatoms. The number of hydrogen-bond donors (Lipinski definition) is 1. The molecular weight excluding hydrogens is 230 g/mol. The van der Waals surface area contributed by atoms with Crippen molar-refractivity contribution in [1.29, 1.82) is 0 Å². The van der Waals surface area contributed by atoms with E-state index in [0.29, 0.717) is 5.54 Å². The Bertz CT molecular complexity index is 334. The van der Waals surface area contributed by atoms with Crippen molar-refractivity contribution in [2.75, 3.05) is 0 Å². The van der Waals surface area contributed by atoms with Crippen LogP contribution in [0.15, 0.2) is 30.3 Å². The zero-order valence-electron chi connectivity index (χ0n) is 12.5. The average Bonchev–Trinajstić information content (AvgIpc) is 2.59. The predicted octanol–water partition coefficient (Wildman–Crippen LogP) is 5.06. The van der Waals surface area contributed by atoms with Crippen molar-refractivity contribution in [3.8, 4) is 0 Å². The van der Waals surface area contributed by atoms with E-state index in [1.807, 2.05) is 0 Å². The molecule has 0 bridgehead atoms. The summed E-state index contributed by atoms with van der Waals surface area (Å²) in [5.41, 5.74) is 1.80. The zero-order chi connectivity index (χ0) is 13.4. The minimum absolute atomic E-state index is 0.389. The second-order valence-corrected chi connectivity index (χ2v) is 6.09. The molecule has 1 fully saturated rings. The molecule has 0 aliphatic heterocycles. The third-order valence-corrected chi connectivity index (χ3v) is 4.75. The summed E-state index contributed by atoms with van der Waals surface area (Å²) in [6.45, 7) is 3.38. The quantitative estimate of drug-likeness (QED) is 0.797. The van der Waals surface area contributed by atoms with Crippen LogP contribution in [-0.4, -0.2) is 5.54 Å². The summed E-state index contributed by atoms with van der Waals surface area (Å²) in [6, 6.07) is 10.8. The number of benzene rings is 1. The van der Waals surface area contributed by atoms with Gasteiger partial charge in [-0.15, -0.1) is 0 Å². The maximum Gasteiger partial charge on any atom is 0.0210 e. The van der Waals surface area contributed by atoms with Crippen molar-refractivity contribution in [2.24, 2.45) is 0 Å². The molecule has 2 rings (SSSR count). The Labute approximate surface area is 118 Å². The van der Waals surface area contributed by atoms with Crippen molar-refractivity contribution in [1.82, 2.24) is 5.32 Å². The summed E-state index contributed by atoms with van der Waals surface area (Å²) >= 11 is 0. The van der Waals surface area contributed by atoms with Gasteiger partial charge in [0.15, 0.2) is 0 Å². The van der Waals surface area contributed by atoms with Gasteiger partial charge in [0.05, 0.1) is 0 Å². The Hall–Kier alpha value is -0.820. The molecule has 1 nitrogen and oxygen atoms in total. The smallest absolute Gasteiger partial charge is 0.0210 e. The Kier molecular flexibility index (Phi) is 5.91. The molecule has 0 saturated heterocycles. The molecule has 106 valence electrons. The van der Waals surface area contributed by atoms with Crippen LogP contribution in [0.25, 0.3) is 0 Å². The van der Waals surface area contributed by atoms with Crippen LogP contribution in [0.5, 0.6) is 0 Å². The maximum atomic E-state index is 3.90. The van der Waals surface area contributed by atoms with Gasteiger partial charge in [-0.3, -0.25) is 0 Å². The Balaban J connectivity index is 1.94. The molecule has 19 heavy (non-hydrogen) atoms. The first-order chi connectivity index (χ1) is 9.35. The lowest BCUT2D eigenvalue weighted by Crippen LogP contribution is -2.44. The topological polar surface area (TPSA) is 12.0 Å². The fourth-order valence-electron chi connectivity index (χ4n) is 3.30. The second-order valence-electron chi connectivity index (χ2n) is 6.09. The van der Waals surface area contributed by atoms with Gasteiger partial charge in [0, 0.05) is 12.1 Å². The molecule has 0 aromatic heterocycles. The lowest BCUT2D eigenvalue weighted by Gasteiger charge is -2.34. The normalized spacial score (nSPS) is 20.3. The lowest BCUT2D eigenvalue weighted by atomic mass is 9.85. The van der Waals surface area contributed by atoms with E-state index in [1.165, 1.54) is 63.4 Å². The monoisotopic (exact) mass is 259 g/mol. The lowest BCUT2D eigenvalue weighted by molar-refractivity contribution is 0.257. The van der Waals surface area contributed by atoms with Crippen molar-refractivity contribution in [3.05, 3.63) is 35.9 Å². The first-order valence-corrected chi connectivity index (χ1v) is 8.14. The van der Waals surface area contributed by atoms with Crippen LogP contribution in [0.1, 0.15) is 70.3 Å². The average molecular weight is 259 g/mol. The van der Waals surface area contributed by atoms with E-state index in [2.05, 4.69) is 42.6 Å². The fourth-order valence-corrected chi connectivity index (χ4v) is 3.30. The molecule has 0 heterocycles. The largest absolute Gasteiger partial charge is 0.307 e. The SMILES string of the molecule is CCC1(NCc2ccccc2)CCCCCCCC1. The minimum Gasteiger partial charge on any atom is -0.307 e. The highest BCUT2D eigenvalue weighted by atomic mass is 15.0. The third kappa shape index (κ3) is 4.65. The van der Waals surface area contributed by atoms with Gasteiger partial charge in [-0.25, -0.2) is 0 Å². The van der Waals surface area contributed by atoms with Crippen molar-refractivity contribution < 1.29 is 0 Å². The van der Waals surface area contributed by atoms with Crippen molar-refractivity contribution >= 4 is 0 Å². The van der Waals surface area contributed by atoms with E-state index >= 15 is 0 Å². The molecule has 1 aromatic carbocycles. The third-order valence-electron chi connectivity index (χ3n) is 4.75. The molecular formula is C18H29N. The highest BCUT2D eigenvalue weighted by Gasteiger charge is 2.26. The van der Waals surface area contributed by atoms with Gasteiger partial charge in [-0.1, -0.05) is 75.8 Å². The van der Waals surface area contributed by atoms with Gasteiger partial charge in [0.2, 0.25) is 0 Å². The molecule has 0 atom stereocenters. The molecule has 1 N–H and O–H groups in total. The molecule has 0 spiro atoms. The molecule has 1 aliphatic rings. The first-order valence-electron chi connectivity index (χ1n) is 8.14. The van der Waals surface area contributed by atoms with Gasteiger partial charge < -0.3 is 5.32 Å². The van der Waals surface area contributed by atoms with Crippen LogP contribution < -0.4 is 5.32 Å². The van der Waals surface area contributed by atoms with E-state index in [9.17, 15) is 0 Å². The highest BCUT2D eigenvalue weighted by molar-refractivity contribution is 5.14. The summed E-state index contributed by atoms with van der Waals surface area (Å²) in [7, 11) is 0. The summed E-state index contributed by atoms with van der Waals surface area (Å²) in [6.07, 6.45) is 12.5. The van der Waals surface area contributed by atoms with Crippen molar-refractivity contribution in [3.63, 3.8) is 0 Å². The van der Waals surface area contributed by atoms with Crippen LogP contribution in [-0.2, 0) is 6.54 Å². The Morgan fingerprint density at radius 2 is 1.47 bits per heavy atom. The molecule has 1 aliphatic carbocycles. The summed E-state index contributed by atoms with van der Waals surface area (Å²) in [4.78, 5) is 0. The number of rotatable bonds is 4. The molecule has 1 saturated carbocycles. The molecule has 0 radical (unpaired) electrons. The second kappa shape index (κ2) is 7.69. The van der Waals surface area contributed by atoms with Crippen LogP contribution in [0.4, 0.5) is 0 Å². The van der Waals surface area contributed by atoms with E-state index < -0.39 is 0 Å². The van der Waals surface area contributed by atoms with Gasteiger partial charge in [0.25, 0.3) is 0 Å².